The minimum atomic E-state index is -0.726. The Morgan fingerprint density at radius 1 is 1.37 bits per heavy atom. The van der Waals surface area contributed by atoms with Crippen LogP contribution in [-0.2, 0) is 4.79 Å². The smallest absolute Gasteiger partial charge is 0.307 e. The van der Waals surface area contributed by atoms with Gasteiger partial charge in [0.25, 0.3) is 0 Å². The van der Waals surface area contributed by atoms with Gasteiger partial charge in [0.05, 0.1) is 16.5 Å². The van der Waals surface area contributed by atoms with Gasteiger partial charge in [0.1, 0.15) is 11.3 Å². The van der Waals surface area contributed by atoms with Gasteiger partial charge < -0.3 is 10.1 Å². The Bertz CT molecular complexity index is 623. The number of fused-ring (bicyclic) bond motifs is 1. The second kappa shape index (κ2) is 4.85. The maximum absolute atomic E-state index is 11.4. The zero-order valence-electron chi connectivity index (χ0n) is 10.4. The second-order valence-corrected chi connectivity index (χ2v) is 5.50. The van der Waals surface area contributed by atoms with Gasteiger partial charge in [-0.05, 0) is 25.0 Å². The number of aromatic amines is 1. The van der Waals surface area contributed by atoms with Crippen molar-refractivity contribution in [2.75, 3.05) is 0 Å². The lowest BCUT2D eigenvalue weighted by molar-refractivity contribution is -0.143. The Morgan fingerprint density at radius 2 is 2.16 bits per heavy atom. The van der Waals surface area contributed by atoms with Gasteiger partial charge >= 0.3 is 5.97 Å². The summed E-state index contributed by atoms with van der Waals surface area (Å²) in [5.74, 6) is -0.339. The van der Waals surface area contributed by atoms with Gasteiger partial charge in [-0.15, -0.1) is 0 Å². The Hall–Kier alpha value is -1.55. The number of carboxylic acids is 1. The average Bonchev–Trinajstić information content (AvgIpc) is 2.84. The molecule has 0 bridgehead atoms. The van der Waals surface area contributed by atoms with E-state index in [1.165, 1.54) is 0 Å². The summed E-state index contributed by atoms with van der Waals surface area (Å²) in [4.78, 5) is 19.1. The van der Waals surface area contributed by atoms with E-state index in [1.54, 1.807) is 6.07 Å². The fraction of sp³-hybridized carbons (Fsp3) is 0.429. The van der Waals surface area contributed by atoms with Crippen LogP contribution in [0.2, 0.25) is 5.02 Å². The first-order valence-corrected chi connectivity index (χ1v) is 6.91. The number of aliphatic carboxylic acids is 1. The summed E-state index contributed by atoms with van der Waals surface area (Å²) in [7, 11) is 0. The van der Waals surface area contributed by atoms with Crippen LogP contribution < -0.4 is 0 Å². The molecular formula is C14H15ClN2O2. The van der Waals surface area contributed by atoms with Crippen LogP contribution in [0, 0.1) is 5.92 Å². The number of rotatable bonds is 2. The number of halogens is 1. The second-order valence-electron chi connectivity index (χ2n) is 5.09. The Balaban J connectivity index is 2.02. The number of nitrogens with zero attached hydrogens (tertiary/aromatic N) is 1. The third-order valence-corrected chi connectivity index (χ3v) is 4.22. The van der Waals surface area contributed by atoms with Gasteiger partial charge in [-0.25, -0.2) is 4.98 Å². The van der Waals surface area contributed by atoms with Gasteiger partial charge in [0, 0.05) is 5.92 Å². The molecule has 0 spiro atoms. The van der Waals surface area contributed by atoms with Gasteiger partial charge in [0.2, 0.25) is 0 Å². The normalized spacial score (nSPS) is 23.6. The minimum Gasteiger partial charge on any atom is -0.481 e. The molecule has 2 aromatic rings. The number of benzene rings is 1. The first-order chi connectivity index (χ1) is 9.16. The van der Waals surface area contributed by atoms with E-state index in [0.717, 1.165) is 42.5 Å². The number of carbonyl (C=O) groups is 1. The SMILES string of the molecule is O=C(O)C1CCCCC1c1nc2c(Cl)cccc2[nH]1. The van der Waals surface area contributed by atoms with Crippen LogP contribution in [-0.4, -0.2) is 21.0 Å². The van der Waals surface area contributed by atoms with Crippen molar-refractivity contribution < 1.29 is 9.90 Å². The van der Waals surface area contributed by atoms with Crippen LogP contribution >= 0.6 is 11.6 Å². The fourth-order valence-corrected chi connectivity index (χ4v) is 3.16. The van der Waals surface area contributed by atoms with Crippen molar-refractivity contribution in [2.24, 2.45) is 5.92 Å². The Morgan fingerprint density at radius 3 is 2.89 bits per heavy atom. The summed E-state index contributed by atoms with van der Waals surface area (Å²) in [6, 6.07) is 5.57. The number of imidazole rings is 1. The molecule has 0 amide bonds. The number of hydrogen-bond donors (Lipinski definition) is 2. The standard InChI is InChI=1S/C14H15ClN2O2/c15-10-6-3-7-11-12(10)17-13(16-11)8-4-1-2-5-9(8)14(18)19/h3,6-9H,1-2,4-5H2,(H,16,17)(H,18,19). The summed E-state index contributed by atoms with van der Waals surface area (Å²) >= 11 is 6.11. The van der Waals surface area contributed by atoms with Crippen LogP contribution in [0.25, 0.3) is 11.0 Å². The highest BCUT2D eigenvalue weighted by Crippen LogP contribution is 2.37. The molecule has 1 saturated carbocycles. The third-order valence-electron chi connectivity index (χ3n) is 3.92. The molecule has 2 unspecified atom stereocenters. The molecule has 4 nitrogen and oxygen atoms in total. The van der Waals surface area contributed by atoms with Crippen molar-refractivity contribution in [2.45, 2.75) is 31.6 Å². The monoisotopic (exact) mass is 278 g/mol. The first-order valence-electron chi connectivity index (χ1n) is 6.54. The van der Waals surface area contributed by atoms with Gasteiger partial charge in [0.15, 0.2) is 0 Å². The summed E-state index contributed by atoms with van der Waals surface area (Å²) in [5, 5.41) is 9.93. The molecule has 1 aliphatic rings. The molecule has 5 heteroatoms. The van der Waals surface area contributed by atoms with E-state index in [2.05, 4.69) is 9.97 Å². The first kappa shape index (κ1) is 12.5. The number of H-pyrrole nitrogens is 1. The minimum absolute atomic E-state index is 0.0327. The molecule has 1 aromatic heterocycles. The lowest BCUT2D eigenvalue weighted by Crippen LogP contribution is -2.26. The maximum Gasteiger partial charge on any atom is 0.307 e. The van der Waals surface area contributed by atoms with Crippen molar-refractivity contribution >= 4 is 28.6 Å². The number of carboxylic acid groups (broad SMARTS) is 1. The molecule has 1 aromatic carbocycles. The van der Waals surface area contributed by atoms with Crippen molar-refractivity contribution in [3.05, 3.63) is 29.0 Å². The van der Waals surface area contributed by atoms with Crippen LogP contribution in [0.1, 0.15) is 37.4 Å². The zero-order valence-corrected chi connectivity index (χ0v) is 11.2. The fourth-order valence-electron chi connectivity index (χ4n) is 2.95. The Labute approximate surface area is 115 Å². The van der Waals surface area contributed by atoms with Gasteiger partial charge in [-0.2, -0.15) is 0 Å². The topological polar surface area (TPSA) is 66.0 Å². The molecule has 100 valence electrons. The van der Waals surface area contributed by atoms with E-state index in [4.69, 9.17) is 11.6 Å². The van der Waals surface area contributed by atoms with Crippen molar-refractivity contribution in [3.8, 4) is 0 Å². The molecule has 2 atom stereocenters. The highest BCUT2D eigenvalue weighted by atomic mass is 35.5. The van der Waals surface area contributed by atoms with Crippen LogP contribution in [0.5, 0.6) is 0 Å². The molecule has 1 aliphatic carbocycles. The number of para-hydroxylation sites is 1. The molecule has 3 rings (SSSR count). The van der Waals surface area contributed by atoms with Crippen LogP contribution in [0.15, 0.2) is 18.2 Å². The highest BCUT2D eigenvalue weighted by molar-refractivity contribution is 6.34. The van der Waals surface area contributed by atoms with E-state index in [1.807, 2.05) is 12.1 Å². The molecule has 0 aliphatic heterocycles. The van der Waals surface area contributed by atoms with E-state index in [-0.39, 0.29) is 11.8 Å². The van der Waals surface area contributed by atoms with Gasteiger partial charge in [-0.1, -0.05) is 30.5 Å². The van der Waals surface area contributed by atoms with Crippen molar-refractivity contribution in [1.82, 2.24) is 9.97 Å². The van der Waals surface area contributed by atoms with Crippen LogP contribution in [0.4, 0.5) is 0 Å². The summed E-state index contributed by atoms with van der Waals surface area (Å²) in [6.45, 7) is 0. The molecule has 0 radical (unpaired) electrons. The lowest BCUT2D eigenvalue weighted by Gasteiger charge is -2.26. The summed E-state index contributed by atoms with van der Waals surface area (Å²) in [6.07, 6.45) is 3.63. The molecular weight excluding hydrogens is 264 g/mol. The number of nitrogens with one attached hydrogen (secondary N) is 1. The van der Waals surface area contributed by atoms with Gasteiger partial charge in [-0.3, -0.25) is 4.79 Å². The predicted molar refractivity (Wildman–Crippen MR) is 73.4 cm³/mol. The molecule has 1 fully saturated rings. The summed E-state index contributed by atoms with van der Waals surface area (Å²) < 4.78 is 0. The zero-order chi connectivity index (χ0) is 13.4. The van der Waals surface area contributed by atoms with Crippen molar-refractivity contribution in [1.29, 1.82) is 0 Å². The number of aromatic nitrogens is 2. The van der Waals surface area contributed by atoms with Crippen LogP contribution in [0.3, 0.4) is 0 Å². The number of hydrogen-bond acceptors (Lipinski definition) is 2. The van der Waals surface area contributed by atoms with E-state index >= 15 is 0 Å². The molecule has 2 N–H and O–H groups in total. The van der Waals surface area contributed by atoms with E-state index in [9.17, 15) is 9.90 Å². The lowest BCUT2D eigenvalue weighted by atomic mass is 9.79. The molecule has 0 saturated heterocycles. The largest absolute Gasteiger partial charge is 0.481 e. The quantitative estimate of drug-likeness (QED) is 0.882. The summed E-state index contributed by atoms with van der Waals surface area (Å²) in [5.41, 5.74) is 1.60. The maximum atomic E-state index is 11.4. The van der Waals surface area contributed by atoms with E-state index < -0.39 is 5.97 Å². The van der Waals surface area contributed by atoms with E-state index in [0.29, 0.717) is 5.02 Å². The highest BCUT2D eigenvalue weighted by Gasteiger charge is 2.33. The van der Waals surface area contributed by atoms with Crippen molar-refractivity contribution in [3.63, 3.8) is 0 Å². The predicted octanol–water partition coefficient (Wildman–Crippen LogP) is 3.57. The third kappa shape index (κ3) is 2.21. The molecule has 19 heavy (non-hydrogen) atoms. The Kier molecular flexibility index (Phi) is 3.19. The molecule has 1 heterocycles. The average molecular weight is 279 g/mol.